The molecule has 2 aromatic carbocycles. The van der Waals surface area contributed by atoms with Crippen molar-refractivity contribution >= 4 is 16.7 Å². The van der Waals surface area contributed by atoms with E-state index in [-0.39, 0.29) is 0 Å². The fraction of sp³-hybridized carbons (Fsp3) is 0.227. The van der Waals surface area contributed by atoms with Crippen molar-refractivity contribution in [1.29, 1.82) is 0 Å². The molecule has 0 bridgehead atoms. The molecule has 4 aromatic rings. The number of methoxy groups -OCH3 is 2. The number of para-hydroxylation sites is 1. The lowest BCUT2D eigenvalue weighted by Gasteiger charge is -2.29. The topological polar surface area (TPSA) is 65.3 Å². The molecule has 3 heterocycles. The van der Waals surface area contributed by atoms with Crippen molar-refractivity contribution in [1.82, 2.24) is 19.7 Å². The van der Waals surface area contributed by atoms with Gasteiger partial charge in [-0.05, 0) is 30.2 Å². The van der Waals surface area contributed by atoms with Gasteiger partial charge in [0.25, 0.3) is 0 Å². The molecule has 0 N–H and O–H groups in total. The van der Waals surface area contributed by atoms with Gasteiger partial charge in [-0.2, -0.15) is 5.10 Å². The Morgan fingerprint density at radius 2 is 1.76 bits per heavy atom. The number of nitrogens with zero attached hydrogens (tertiary/aromatic N) is 5. The number of ether oxygens (including phenoxy) is 2. The average molecular weight is 387 g/mol. The number of anilines is 1. The first-order valence-electron chi connectivity index (χ1n) is 9.51. The predicted molar refractivity (Wildman–Crippen MR) is 111 cm³/mol. The Bertz CT molecular complexity index is 1170. The highest BCUT2D eigenvalue weighted by molar-refractivity contribution is 5.92. The number of benzene rings is 2. The second-order valence-corrected chi connectivity index (χ2v) is 6.96. The Hall–Kier alpha value is -3.61. The fourth-order valence-electron chi connectivity index (χ4n) is 3.89. The van der Waals surface area contributed by atoms with Crippen LogP contribution in [-0.4, -0.2) is 40.5 Å². The van der Waals surface area contributed by atoms with E-state index in [0.717, 1.165) is 41.9 Å². The molecule has 146 valence electrons. The SMILES string of the molecule is COc1cc2ncnc(N3CCc4cnn(-c5ccccc5)c4C3)c2cc1OC. The average Bonchev–Trinajstić information content (AvgIpc) is 3.21. The smallest absolute Gasteiger partial charge is 0.162 e. The van der Waals surface area contributed by atoms with E-state index < -0.39 is 0 Å². The third-order valence-corrected chi connectivity index (χ3v) is 5.37. The van der Waals surface area contributed by atoms with Gasteiger partial charge in [0.15, 0.2) is 11.5 Å². The molecule has 1 aliphatic heterocycles. The van der Waals surface area contributed by atoms with Crippen LogP contribution in [-0.2, 0) is 13.0 Å². The Morgan fingerprint density at radius 1 is 0.966 bits per heavy atom. The van der Waals surface area contributed by atoms with Crippen LogP contribution in [0.25, 0.3) is 16.6 Å². The van der Waals surface area contributed by atoms with Crippen LogP contribution in [0, 0.1) is 0 Å². The molecule has 1 aliphatic rings. The van der Waals surface area contributed by atoms with Crippen molar-refractivity contribution < 1.29 is 9.47 Å². The number of hydrogen-bond donors (Lipinski definition) is 0. The second-order valence-electron chi connectivity index (χ2n) is 6.96. The number of aromatic nitrogens is 4. The van der Waals surface area contributed by atoms with E-state index >= 15 is 0 Å². The molecule has 0 saturated carbocycles. The first-order valence-corrected chi connectivity index (χ1v) is 9.51. The third kappa shape index (κ3) is 2.95. The second kappa shape index (κ2) is 7.09. The quantitative estimate of drug-likeness (QED) is 0.535. The van der Waals surface area contributed by atoms with Gasteiger partial charge < -0.3 is 14.4 Å². The molecule has 0 aliphatic carbocycles. The van der Waals surface area contributed by atoms with E-state index in [9.17, 15) is 0 Å². The molecular weight excluding hydrogens is 366 g/mol. The van der Waals surface area contributed by atoms with Gasteiger partial charge in [-0.3, -0.25) is 0 Å². The van der Waals surface area contributed by atoms with Crippen molar-refractivity contribution in [3.05, 3.63) is 66.2 Å². The highest BCUT2D eigenvalue weighted by atomic mass is 16.5. The largest absolute Gasteiger partial charge is 0.493 e. The van der Waals surface area contributed by atoms with E-state index in [4.69, 9.17) is 9.47 Å². The van der Waals surface area contributed by atoms with Crippen molar-refractivity contribution in [3.63, 3.8) is 0 Å². The summed E-state index contributed by atoms with van der Waals surface area (Å²) in [6.45, 7) is 1.60. The van der Waals surface area contributed by atoms with Crippen LogP contribution in [0.1, 0.15) is 11.3 Å². The lowest BCUT2D eigenvalue weighted by atomic mass is 10.1. The zero-order valence-corrected chi connectivity index (χ0v) is 16.4. The lowest BCUT2D eigenvalue weighted by molar-refractivity contribution is 0.356. The van der Waals surface area contributed by atoms with Gasteiger partial charge in [0.1, 0.15) is 12.1 Å². The highest BCUT2D eigenvalue weighted by Crippen LogP contribution is 2.36. The van der Waals surface area contributed by atoms with Crippen molar-refractivity contribution in [2.24, 2.45) is 0 Å². The third-order valence-electron chi connectivity index (χ3n) is 5.37. The first kappa shape index (κ1) is 17.5. The van der Waals surface area contributed by atoms with Gasteiger partial charge in [0, 0.05) is 18.0 Å². The summed E-state index contributed by atoms with van der Waals surface area (Å²) in [7, 11) is 3.27. The summed E-state index contributed by atoms with van der Waals surface area (Å²) in [6, 6.07) is 14.1. The molecule has 0 fully saturated rings. The lowest BCUT2D eigenvalue weighted by Crippen LogP contribution is -2.32. The summed E-state index contributed by atoms with van der Waals surface area (Å²) in [5.74, 6) is 2.22. The number of hydrogen-bond acceptors (Lipinski definition) is 6. The molecule has 7 heteroatoms. The van der Waals surface area contributed by atoms with E-state index in [1.807, 2.05) is 41.2 Å². The van der Waals surface area contributed by atoms with Gasteiger partial charge in [0.05, 0.1) is 43.9 Å². The maximum absolute atomic E-state index is 5.49. The molecular formula is C22H21N5O2. The Kier molecular flexibility index (Phi) is 4.27. The van der Waals surface area contributed by atoms with Crippen LogP contribution in [0.5, 0.6) is 11.5 Å². The minimum atomic E-state index is 0.660. The van der Waals surface area contributed by atoms with E-state index in [0.29, 0.717) is 11.5 Å². The highest BCUT2D eigenvalue weighted by Gasteiger charge is 2.24. The predicted octanol–water partition coefficient (Wildman–Crippen LogP) is 3.40. The normalized spacial score (nSPS) is 13.4. The monoisotopic (exact) mass is 387 g/mol. The first-order chi connectivity index (χ1) is 14.3. The van der Waals surface area contributed by atoms with Gasteiger partial charge in [-0.25, -0.2) is 14.6 Å². The summed E-state index contributed by atoms with van der Waals surface area (Å²) in [6.07, 6.45) is 4.50. The summed E-state index contributed by atoms with van der Waals surface area (Å²) >= 11 is 0. The summed E-state index contributed by atoms with van der Waals surface area (Å²) in [5.41, 5.74) is 4.36. The molecule has 7 nitrogen and oxygen atoms in total. The molecule has 0 radical (unpaired) electrons. The van der Waals surface area contributed by atoms with E-state index in [1.165, 1.54) is 11.3 Å². The summed E-state index contributed by atoms with van der Waals surface area (Å²) in [5, 5.41) is 5.57. The Labute approximate surface area is 168 Å². The van der Waals surface area contributed by atoms with Crippen molar-refractivity contribution in [3.8, 4) is 17.2 Å². The van der Waals surface area contributed by atoms with Crippen LogP contribution in [0.15, 0.2) is 55.0 Å². The molecule has 5 rings (SSSR count). The van der Waals surface area contributed by atoms with Gasteiger partial charge >= 0.3 is 0 Å². The molecule has 0 spiro atoms. The van der Waals surface area contributed by atoms with Crippen molar-refractivity contribution in [2.75, 3.05) is 25.7 Å². The van der Waals surface area contributed by atoms with Gasteiger partial charge in [-0.15, -0.1) is 0 Å². The van der Waals surface area contributed by atoms with Crippen LogP contribution in [0.3, 0.4) is 0 Å². The van der Waals surface area contributed by atoms with Gasteiger partial charge in [-0.1, -0.05) is 18.2 Å². The molecule has 29 heavy (non-hydrogen) atoms. The zero-order valence-electron chi connectivity index (χ0n) is 16.4. The minimum absolute atomic E-state index is 0.660. The van der Waals surface area contributed by atoms with Crippen molar-refractivity contribution in [2.45, 2.75) is 13.0 Å². The maximum Gasteiger partial charge on any atom is 0.162 e. The Balaban J connectivity index is 1.57. The molecule has 0 amide bonds. The number of fused-ring (bicyclic) bond motifs is 2. The molecule has 0 atom stereocenters. The fourth-order valence-corrected chi connectivity index (χ4v) is 3.89. The Morgan fingerprint density at radius 3 is 2.55 bits per heavy atom. The van der Waals surface area contributed by atoms with Crippen LogP contribution in [0.4, 0.5) is 5.82 Å². The van der Waals surface area contributed by atoms with Crippen LogP contribution < -0.4 is 14.4 Å². The van der Waals surface area contributed by atoms with E-state index in [1.54, 1.807) is 20.5 Å². The number of rotatable bonds is 4. The molecule has 2 aromatic heterocycles. The standard InChI is InChI=1S/C22H21N5O2/c1-28-20-10-17-18(11-21(20)29-2)23-14-24-22(17)26-9-8-15-12-25-27(19(15)13-26)16-6-4-3-5-7-16/h3-7,10-12,14H,8-9,13H2,1-2H3. The summed E-state index contributed by atoms with van der Waals surface area (Å²) < 4.78 is 12.9. The van der Waals surface area contributed by atoms with Gasteiger partial charge in [0.2, 0.25) is 0 Å². The van der Waals surface area contributed by atoms with E-state index in [2.05, 4.69) is 32.1 Å². The minimum Gasteiger partial charge on any atom is -0.493 e. The van der Waals surface area contributed by atoms with Crippen LogP contribution >= 0.6 is 0 Å². The van der Waals surface area contributed by atoms with Crippen LogP contribution in [0.2, 0.25) is 0 Å². The maximum atomic E-state index is 5.49. The molecule has 0 unspecified atom stereocenters. The molecule has 0 saturated heterocycles. The summed E-state index contributed by atoms with van der Waals surface area (Å²) in [4.78, 5) is 11.3. The zero-order chi connectivity index (χ0) is 19.8.